The second-order valence-electron chi connectivity index (χ2n) is 9.62. The van der Waals surface area contributed by atoms with Crippen LogP contribution in [0.1, 0.15) is 72.1 Å². The second kappa shape index (κ2) is 14.3. The largest absolute Gasteiger partial charge is 0.466 e. The maximum absolute atomic E-state index is 13.7. The number of benzene rings is 1. The molecule has 9 heteroatoms. The zero-order chi connectivity index (χ0) is 27.5. The minimum absolute atomic E-state index is 0.00782. The molecular formula is C27H41N3O6. The van der Waals surface area contributed by atoms with Crippen LogP contribution in [0.4, 0.5) is 4.79 Å². The lowest BCUT2D eigenvalue weighted by atomic mass is 9.98. The van der Waals surface area contributed by atoms with Crippen molar-refractivity contribution in [1.82, 2.24) is 15.5 Å². The van der Waals surface area contributed by atoms with Crippen molar-refractivity contribution in [1.29, 1.82) is 0 Å². The number of carbonyl (C=O) groups excluding carboxylic acids is 4. The van der Waals surface area contributed by atoms with Crippen LogP contribution in [0.5, 0.6) is 0 Å². The molecule has 36 heavy (non-hydrogen) atoms. The molecular weight excluding hydrogens is 462 g/mol. The molecule has 0 aliphatic rings. The Labute approximate surface area is 214 Å². The van der Waals surface area contributed by atoms with Gasteiger partial charge < -0.3 is 25.0 Å². The molecule has 0 saturated heterocycles. The van der Waals surface area contributed by atoms with Crippen molar-refractivity contribution in [2.45, 2.75) is 72.6 Å². The second-order valence-corrected chi connectivity index (χ2v) is 9.62. The van der Waals surface area contributed by atoms with Gasteiger partial charge in [0.15, 0.2) is 0 Å². The molecule has 0 aliphatic heterocycles. The minimum atomic E-state index is -0.994. The number of carbonyl (C=O) groups is 4. The Bertz CT molecular complexity index is 922. The van der Waals surface area contributed by atoms with Crippen molar-refractivity contribution in [2.75, 3.05) is 19.7 Å². The summed E-state index contributed by atoms with van der Waals surface area (Å²) in [5.74, 6) is -1.57. The molecule has 2 N–H and O–H groups in total. The standard InChI is InChI=1S/C27H41N3O6/c1-9-19-13-12-14-20(17-19)23(24(32)28-16-15-21(31)35-11-3)30(10-2)25(33)22(18(4)5)29-26(34)36-27(6,7)8/h9,12-14,17-18,22-23H,1,10-11,15-16H2,2-8H3,(H,28,32)(H,29,34). The van der Waals surface area contributed by atoms with Gasteiger partial charge >= 0.3 is 12.1 Å². The van der Waals surface area contributed by atoms with E-state index < -0.39 is 41.6 Å². The van der Waals surface area contributed by atoms with Crippen LogP contribution >= 0.6 is 0 Å². The van der Waals surface area contributed by atoms with Crippen LogP contribution in [0.3, 0.4) is 0 Å². The Morgan fingerprint density at radius 2 is 1.81 bits per heavy atom. The van der Waals surface area contributed by atoms with Gasteiger partial charge in [-0.25, -0.2) is 4.79 Å². The van der Waals surface area contributed by atoms with Crippen LogP contribution in [0, 0.1) is 5.92 Å². The Balaban J connectivity index is 3.30. The van der Waals surface area contributed by atoms with Gasteiger partial charge in [0.2, 0.25) is 11.8 Å². The molecule has 0 saturated carbocycles. The van der Waals surface area contributed by atoms with Gasteiger partial charge in [-0.2, -0.15) is 0 Å². The summed E-state index contributed by atoms with van der Waals surface area (Å²) in [4.78, 5) is 52.7. The molecule has 3 amide bonds. The van der Waals surface area contributed by atoms with Gasteiger partial charge in [-0.05, 0) is 57.7 Å². The lowest BCUT2D eigenvalue weighted by Gasteiger charge is -2.35. The highest BCUT2D eigenvalue weighted by Crippen LogP contribution is 2.25. The molecule has 1 rings (SSSR count). The van der Waals surface area contributed by atoms with E-state index in [2.05, 4.69) is 17.2 Å². The predicted molar refractivity (Wildman–Crippen MR) is 139 cm³/mol. The molecule has 2 atom stereocenters. The van der Waals surface area contributed by atoms with E-state index in [-0.39, 0.29) is 32.0 Å². The number of hydrogen-bond acceptors (Lipinski definition) is 6. The number of alkyl carbamates (subject to hydrolysis) is 1. The molecule has 0 radical (unpaired) electrons. The first kappa shape index (κ1) is 30.7. The highest BCUT2D eigenvalue weighted by Gasteiger charge is 2.36. The van der Waals surface area contributed by atoms with Gasteiger partial charge in [-0.1, -0.05) is 44.7 Å². The maximum Gasteiger partial charge on any atom is 0.408 e. The molecule has 9 nitrogen and oxygen atoms in total. The quantitative estimate of drug-likeness (QED) is 0.419. The van der Waals surface area contributed by atoms with Crippen molar-refractivity contribution in [2.24, 2.45) is 5.92 Å². The number of ether oxygens (including phenoxy) is 2. The number of nitrogens with one attached hydrogen (secondary N) is 2. The third kappa shape index (κ3) is 9.71. The lowest BCUT2D eigenvalue weighted by molar-refractivity contribution is -0.144. The molecule has 0 bridgehead atoms. The van der Waals surface area contributed by atoms with Gasteiger partial charge in [0, 0.05) is 13.1 Å². The zero-order valence-corrected chi connectivity index (χ0v) is 22.6. The first-order valence-electron chi connectivity index (χ1n) is 12.3. The third-order valence-electron chi connectivity index (χ3n) is 5.18. The fourth-order valence-corrected chi connectivity index (χ4v) is 3.54. The van der Waals surface area contributed by atoms with Crippen molar-refractivity contribution in [3.05, 3.63) is 42.0 Å². The highest BCUT2D eigenvalue weighted by molar-refractivity contribution is 5.92. The Kier molecular flexibility index (Phi) is 12.1. The predicted octanol–water partition coefficient (Wildman–Crippen LogP) is 3.84. The van der Waals surface area contributed by atoms with E-state index in [1.807, 2.05) is 6.07 Å². The first-order chi connectivity index (χ1) is 16.8. The summed E-state index contributed by atoms with van der Waals surface area (Å²) < 4.78 is 10.3. The molecule has 0 aliphatic carbocycles. The molecule has 0 heterocycles. The first-order valence-corrected chi connectivity index (χ1v) is 12.3. The van der Waals surface area contributed by atoms with E-state index in [1.54, 1.807) is 72.7 Å². The highest BCUT2D eigenvalue weighted by atomic mass is 16.6. The summed E-state index contributed by atoms with van der Waals surface area (Å²) in [5, 5.41) is 5.41. The third-order valence-corrected chi connectivity index (χ3v) is 5.18. The fraction of sp³-hybridized carbons (Fsp3) is 0.556. The average Bonchev–Trinajstić information content (AvgIpc) is 2.79. The van der Waals surface area contributed by atoms with E-state index in [0.29, 0.717) is 5.56 Å². The zero-order valence-electron chi connectivity index (χ0n) is 22.6. The Hall–Kier alpha value is -3.36. The van der Waals surface area contributed by atoms with E-state index in [1.165, 1.54) is 4.90 Å². The number of rotatable bonds is 12. The van der Waals surface area contributed by atoms with E-state index in [4.69, 9.17) is 9.47 Å². The van der Waals surface area contributed by atoms with E-state index >= 15 is 0 Å². The van der Waals surface area contributed by atoms with Crippen LogP contribution < -0.4 is 10.6 Å². The molecule has 0 aromatic heterocycles. The van der Waals surface area contributed by atoms with Gasteiger partial charge in [-0.15, -0.1) is 0 Å². The van der Waals surface area contributed by atoms with Gasteiger partial charge in [-0.3, -0.25) is 14.4 Å². The smallest absolute Gasteiger partial charge is 0.408 e. The summed E-state index contributed by atoms with van der Waals surface area (Å²) in [5.41, 5.74) is 0.634. The van der Waals surface area contributed by atoms with Gasteiger partial charge in [0.1, 0.15) is 17.7 Å². The number of likely N-dealkylation sites (N-methyl/N-ethyl adjacent to an activating group) is 1. The monoisotopic (exact) mass is 503 g/mol. The summed E-state index contributed by atoms with van der Waals surface area (Å²) >= 11 is 0. The molecule has 200 valence electrons. The molecule has 1 aromatic carbocycles. The molecule has 1 aromatic rings. The maximum atomic E-state index is 13.7. The lowest BCUT2D eigenvalue weighted by Crippen LogP contribution is -2.54. The van der Waals surface area contributed by atoms with Crippen LogP contribution in [0.25, 0.3) is 6.08 Å². The van der Waals surface area contributed by atoms with Gasteiger partial charge in [0.05, 0.1) is 13.0 Å². The van der Waals surface area contributed by atoms with Gasteiger partial charge in [0.25, 0.3) is 0 Å². The van der Waals surface area contributed by atoms with Crippen molar-refractivity contribution in [3.8, 4) is 0 Å². The van der Waals surface area contributed by atoms with Crippen LogP contribution in [0.2, 0.25) is 0 Å². The Morgan fingerprint density at radius 1 is 1.14 bits per heavy atom. The fourth-order valence-electron chi connectivity index (χ4n) is 3.54. The normalized spacial score (nSPS) is 12.8. The van der Waals surface area contributed by atoms with E-state index in [0.717, 1.165) is 5.56 Å². The SMILES string of the molecule is C=Cc1cccc(C(C(=O)NCCC(=O)OCC)N(CC)C(=O)C(NC(=O)OC(C)(C)C)C(C)C)c1. The summed E-state index contributed by atoms with van der Waals surface area (Å²) in [6, 6.07) is 5.24. The summed E-state index contributed by atoms with van der Waals surface area (Å²) in [6.45, 7) is 16.6. The van der Waals surface area contributed by atoms with E-state index in [9.17, 15) is 19.2 Å². The van der Waals surface area contributed by atoms with Crippen LogP contribution in [0.15, 0.2) is 30.8 Å². The number of amides is 3. The molecule has 2 unspecified atom stereocenters. The molecule has 0 spiro atoms. The topological polar surface area (TPSA) is 114 Å². The average molecular weight is 504 g/mol. The Morgan fingerprint density at radius 3 is 2.33 bits per heavy atom. The van der Waals surface area contributed by atoms with Crippen LogP contribution in [-0.2, 0) is 23.9 Å². The van der Waals surface area contributed by atoms with Crippen molar-refractivity contribution in [3.63, 3.8) is 0 Å². The number of hydrogen-bond donors (Lipinski definition) is 2. The van der Waals surface area contributed by atoms with Crippen LogP contribution in [-0.4, -0.2) is 60.1 Å². The van der Waals surface area contributed by atoms with Crippen molar-refractivity contribution >= 4 is 30.0 Å². The minimum Gasteiger partial charge on any atom is -0.466 e. The van der Waals surface area contributed by atoms with Crippen molar-refractivity contribution < 1.29 is 28.7 Å². The molecule has 0 fully saturated rings. The number of nitrogens with zero attached hydrogens (tertiary/aromatic N) is 1. The number of esters is 1. The summed E-state index contributed by atoms with van der Waals surface area (Å²) in [7, 11) is 0. The summed E-state index contributed by atoms with van der Waals surface area (Å²) in [6.07, 6.45) is 0.946.